The van der Waals surface area contributed by atoms with E-state index in [2.05, 4.69) is 30.7 Å². The molecule has 0 saturated carbocycles. The van der Waals surface area contributed by atoms with Crippen LogP contribution in [0.1, 0.15) is 43.4 Å². The lowest BCUT2D eigenvalue weighted by Crippen LogP contribution is -2.33. The third-order valence-corrected chi connectivity index (χ3v) is 4.88. The van der Waals surface area contributed by atoms with Crippen LogP contribution in [0.3, 0.4) is 0 Å². The number of halogens is 1. The minimum atomic E-state index is -0.439. The normalized spacial score (nSPS) is 15.1. The van der Waals surface area contributed by atoms with E-state index in [-0.39, 0.29) is 16.2 Å². The Morgan fingerprint density at radius 1 is 1.30 bits per heavy atom. The lowest BCUT2D eigenvalue weighted by Gasteiger charge is -2.28. The van der Waals surface area contributed by atoms with Crippen LogP contribution < -0.4 is 5.43 Å². The standard InChI is InChI=1S/C21H22FN3O2/c1-21(2,3)20-23-9-13-10-25(7-6-17(13)24-20)11-14-12-27-18-5-4-15(22)8-16(18)19(14)26/h4-5,8-9,12H,6-7,10-11H2,1-3H3. The van der Waals surface area contributed by atoms with Crippen molar-refractivity contribution in [2.24, 2.45) is 0 Å². The molecule has 0 atom stereocenters. The summed E-state index contributed by atoms with van der Waals surface area (Å²) in [5.41, 5.74) is 2.84. The van der Waals surface area contributed by atoms with Gasteiger partial charge in [-0.1, -0.05) is 20.8 Å². The molecule has 27 heavy (non-hydrogen) atoms. The molecule has 2 aromatic heterocycles. The monoisotopic (exact) mass is 367 g/mol. The van der Waals surface area contributed by atoms with Gasteiger partial charge in [0.25, 0.3) is 0 Å². The first kappa shape index (κ1) is 17.8. The summed E-state index contributed by atoms with van der Waals surface area (Å²) in [6, 6.07) is 4.01. The molecule has 0 fully saturated rings. The van der Waals surface area contributed by atoms with E-state index in [1.54, 1.807) is 0 Å². The predicted octanol–water partition coefficient (Wildman–Crippen LogP) is 3.58. The van der Waals surface area contributed by atoms with Crippen LogP contribution in [0, 0.1) is 5.82 Å². The topological polar surface area (TPSA) is 59.2 Å². The molecule has 0 amide bonds. The molecule has 3 heterocycles. The number of nitrogens with zero attached hydrogens (tertiary/aromatic N) is 3. The van der Waals surface area contributed by atoms with Gasteiger partial charge >= 0.3 is 0 Å². The SMILES string of the molecule is CC(C)(C)c1ncc2c(n1)CCN(Cc1coc3ccc(F)cc3c1=O)C2. The fourth-order valence-electron chi connectivity index (χ4n) is 3.36. The Morgan fingerprint density at radius 3 is 2.89 bits per heavy atom. The van der Waals surface area contributed by atoms with Crippen molar-refractivity contribution in [2.75, 3.05) is 6.54 Å². The van der Waals surface area contributed by atoms with Gasteiger partial charge in [0.1, 0.15) is 17.2 Å². The number of benzene rings is 1. The van der Waals surface area contributed by atoms with Gasteiger partial charge in [0, 0.05) is 54.5 Å². The maximum absolute atomic E-state index is 13.5. The first-order chi connectivity index (χ1) is 12.8. The van der Waals surface area contributed by atoms with E-state index in [0.717, 1.165) is 30.0 Å². The molecule has 0 unspecified atom stereocenters. The van der Waals surface area contributed by atoms with Gasteiger partial charge in [-0.15, -0.1) is 0 Å². The van der Waals surface area contributed by atoms with E-state index in [1.807, 2.05) is 6.20 Å². The van der Waals surface area contributed by atoms with Gasteiger partial charge in [-0.3, -0.25) is 9.69 Å². The molecule has 0 aliphatic carbocycles. The lowest BCUT2D eigenvalue weighted by molar-refractivity contribution is 0.240. The Hall–Kier alpha value is -2.60. The molecule has 4 rings (SSSR count). The van der Waals surface area contributed by atoms with Crippen LogP contribution in [0.5, 0.6) is 0 Å². The maximum atomic E-state index is 13.5. The largest absolute Gasteiger partial charge is 0.464 e. The van der Waals surface area contributed by atoms with E-state index < -0.39 is 5.82 Å². The summed E-state index contributed by atoms with van der Waals surface area (Å²) in [5, 5.41) is 0.281. The van der Waals surface area contributed by atoms with Crippen molar-refractivity contribution >= 4 is 11.0 Å². The second kappa shape index (κ2) is 6.53. The zero-order valence-corrected chi connectivity index (χ0v) is 15.8. The number of aromatic nitrogens is 2. The average molecular weight is 367 g/mol. The van der Waals surface area contributed by atoms with Crippen LogP contribution in [0.2, 0.25) is 0 Å². The number of fused-ring (bicyclic) bond motifs is 2. The van der Waals surface area contributed by atoms with Crippen LogP contribution in [0.25, 0.3) is 11.0 Å². The van der Waals surface area contributed by atoms with Crippen molar-refractivity contribution in [3.63, 3.8) is 0 Å². The highest BCUT2D eigenvalue weighted by molar-refractivity contribution is 5.76. The Balaban J connectivity index is 1.58. The van der Waals surface area contributed by atoms with Crippen LogP contribution in [0.4, 0.5) is 4.39 Å². The molecule has 0 N–H and O–H groups in total. The van der Waals surface area contributed by atoms with Crippen LogP contribution in [-0.2, 0) is 24.9 Å². The highest BCUT2D eigenvalue weighted by Gasteiger charge is 2.23. The molecule has 0 saturated heterocycles. The van der Waals surface area contributed by atoms with E-state index >= 15 is 0 Å². The van der Waals surface area contributed by atoms with E-state index in [0.29, 0.717) is 24.2 Å². The Labute approximate surface area is 156 Å². The second-order valence-electron chi connectivity index (χ2n) is 8.11. The third kappa shape index (κ3) is 3.49. The molecule has 1 aliphatic heterocycles. The van der Waals surface area contributed by atoms with Gasteiger partial charge in [0.2, 0.25) is 0 Å². The van der Waals surface area contributed by atoms with Gasteiger partial charge in [-0.25, -0.2) is 14.4 Å². The maximum Gasteiger partial charge on any atom is 0.197 e. The Morgan fingerprint density at radius 2 is 2.11 bits per heavy atom. The fraction of sp³-hybridized carbons (Fsp3) is 0.381. The minimum absolute atomic E-state index is 0.0779. The van der Waals surface area contributed by atoms with Gasteiger partial charge in [-0.05, 0) is 18.2 Å². The fourth-order valence-corrected chi connectivity index (χ4v) is 3.36. The van der Waals surface area contributed by atoms with Crippen LogP contribution in [-0.4, -0.2) is 21.4 Å². The molecule has 0 radical (unpaired) electrons. The summed E-state index contributed by atoms with van der Waals surface area (Å²) >= 11 is 0. The molecule has 1 aliphatic rings. The van der Waals surface area contributed by atoms with E-state index in [9.17, 15) is 9.18 Å². The molecular formula is C21H22FN3O2. The van der Waals surface area contributed by atoms with Crippen molar-refractivity contribution in [3.05, 3.63) is 69.3 Å². The number of hydrogen-bond donors (Lipinski definition) is 0. The summed E-state index contributed by atoms with van der Waals surface area (Å²) < 4.78 is 19.0. The molecule has 0 spiro atoms. The minimum Gasteiger partial charge on any atom is -0.464 e. The zero-order valence-electron chi connectivity index (χ0n) is 15.8. The quantitative estimate of drug-likeness (QED) is 0.693. The first-order valence-electron chi connectivity index (χ1n) is 9.09. The van der Waals surface area contributed by atoms with Gasteiger partial charge in [-0.2, -0.15) is 0 Å². The first-order valence-corrected chi connectivity index (χ1v) is 9.09. The molecule has 140 valence electrons. The molecule has 1 aromatic carbocycles. The summed E-state index contributed by atoms with van der Waals surface area (Å²) in [6.07, 6.45) is 4.19. The van der Waals surface area contributed by atoms with Crippen LogP contribution >= 0.6 is 0 Å². The van der Waals surface area contributed by atoms with Crippen molar-refractivity contribution in [1.29, 1.82) is 0 Å². The molecule has 3 aromatic rings. The molecule has 0 bridgehead atoms. The smallest absolute Gasteiger partial charge is 0.197 e. The van der Waals surface area contributed by atoms with Crippen LogP contribution in [0.15, 0.2) is 39.9 Å². The lowest BCUT2D eigenvalue weighted by atomic mass is 9.95. The zero-order chi connectivity index (χ0) is 19.2. The van der Waals surface area contributed by atoms with Crippen molar-refractivity contribution in [2.45, 2.75) is 45.7 Å². The number of rotatable bonds is 2. The molecule has 5 nitrogen and oxygen atoms in total. The summed E-state index contributed by atoms with van der Waals surface area (Å²) in [7, 11) is 0. The Kier molecular flexibility index (Phi) is 4.30. The molecular weight excluding hydrogens is 345 g/mol. The number of hydrogen-bond acceptors (Lipinski definition) is 5. The van der Waals surface area contributed by atoms with E-state index in [4.69, 9.17) is 9.40 Å². The Bertz CT molecular complexity index is 1070. The summed E-state index contributed by atoms with van der Waals surface area (Å²) in [6.45, 7) is 8.24. The van der Waals surface area contributed by atoms with Crippen molar-refractivity contribution in [3.8, 4) is 0 Å². The van der Waals surface area contributed by atoms with Gasteiger partial charge in [0.05, 0.1) is 11.6 Å². The van der Waals surface area contributed by atoms with Crippen molar-refractivity contribution in [1.82, 2.24) is 14.9 Å². The van der Waals surface area contributed by atoms with Gasteiger partial charge < -0.3 is 4.42 Å². The highest BCUT2D eigenvalue weighted by Crippen LogP contribution is 2.23. The molecule has 6 heteroatoms. The third-order valence-electron chi connectivity index (χ3n) is 4.88. The summed E-state index contributed by atoms with van der Waals surface area (Å²) in [4.78, 5) is 24.1. The highest BCUT2D eigenvalue weighted by atomic mass is 19.1. The van der Waals surface area contributed by atoms with Gasteiger partial charge in [0.15, 0.2) is 5.43 Å². The second-order valence-corrected chi connectivity index (χ2v) is 8.11. The summed E-state index contributed by atoms with van der Waals surface area (Å²) in [5.74, 6) is 0.414. The van der Waals surface area contributed by atoms with E-state index in [1.165, 1.54) is 24.5 Å². The van der Waals surface area contributed by atoms with Crippen molar-refractivity contribution < 1.29 is 8.81 Å². The predicted molar refractivity (Wildman–Crippen MR) is 101 cm³/mol. The average Bonchev–Trinajstić information content (AvgIpc) is 2.63.